The smallest absolute Gasteiger partial charge is 0.323 e. The molecule has 2 aromatic rings. The van der Waals surface area contributed by atoms with E-state index in [-0.39, 0.29) is 22.7 Å². The minimum absolute atomic E-state index is 0.0896. The molecule has 0 aliphatic rings. The van der Waals surface area contributed by atoms with Crippen molar-refractivity contribution in [2.75, 3.05) is 6.54 Å². The molecule has 12 heteroatoms. The number of nitrogens with zero attached hydrogens (tertiary/aromatic N) is 2. The topological polar surface area (TPSA) is 107 Å². The van der Waals surface area contributed by atoms with Gasteiger partial charge in [-0.2, -0.15) is 17.5 Å². The fourth-order valence-corrected chi connectivity index (χ4v) is 4.41. The molecule has 1 atom stereocenters. The molecular weight excluding hydrogens is 430 g/mol. The second-order valence-corrected chi connectivity index (χ2v) is 8.65. The first-order valence-electron chi connectivity index (χ1n) is 8.63. The van der Waals surface area contributed by atoms with E-state index >= 15 is 0 Å². The van der Waals surface area contributed by atoms with Crippen molar-refractivity contribution in [2.24, 2.45) is 5.73 Å². The molecule has 0 bridgehead atoms. The van der Waals surface area contributed by atoms with Crippen LogP contribution in [0.25, 0.3) is 0 Å². The van der Waals surface area contributed by atoms with Crippen LogP contribution in [0.5, 0.6) is 0 Å². The van der Waals surface area contributed by atoms with Crippen molar-refractivity contribution < 1.29 is 30.9 Å². The number of sulfonamides is 1. The summed E-state index contributed by atoms with van der Waals surface area (Å²) in [6, 6.07) is 4.62. The van der Waals surface area contributed by atoms with E-state index in [1.165, 1.54) is 0 Å². The van der Waals surface area contributed by atoms with Crippen LogP contribution >= 0.6 is 0 Å². The molecule has 30 heavy (non-hydrogen) atoms. The van der Waals surface area contributed by atoms with Gasteiger partial charge in [-0.3, -0.25) is 10.1 Å². The average molecular weight is 449 g/mol. The third-order valence-electron chi connectivity index (χ3n) is 4.33. The normalized spacial score (nSPS) is 13.6. The molecule has 0 aromatic heterocycles. The van der Waals surface area contributed by atoms with Crippen molar-refractivity contribution in [1.82, 2.24) is 4.31 Å². The zero-order valence-corrected chi connectivity index (χ0v) is 16.7. The van der Waals surface area contributed by atoms with Gasteiger partial charge in [0.15, 0.2) is 0 Å². The van der Waals surface area contributed by atoms with Crippen LogP contribution in [0.15, 0.2) is 47.4 Å². The summed E-state index contributed by atoms with van der Waals surface area (Å²) in [4.78, 5) is 9.84. The molecule has 0 spiro atoms. The Bertz CT molecular complexity index is 1020. The Kier molecular flexibility index (Phi) is 6.84. The Morgan fingerprint density at radius 1 is 1.13 bits per heavy atom. The van der Waals surface area contributed by atoms with E-state index in [0.29, 0.717) is 12.1 Å². The van der Waals surface area contributed by atoms with Crippen molar-refractivity contribution in [1.29, 1.82) is 0 Å². The molecule has 164 valence electrons. The fourth-order valence-electron chi connectivity index (χ4n) is 2.75. The van der Waals surface area contributed by atoms with Crippen LogP contribution in [0.1, 0.15) is 31.0 Å². The van der Waals surface area contributed by atoms with Crippen LogP contribution in [0.4, 0.5) is 23.2 Å². The van der Waals surface area contributed by atoms with Gasteiger partial charge in [-0.15, -0.1) is 0 Å². The molecule has 0 fully saturated rings. The summed E-state index contributed by atoms with van der Waals surface area (Å²) in [5.41, 5.74) is 4.07. The lowest BCUT2D eigenvalue weighted by molar-refractivity contribution is -0.384. The van der Waals surface area contributed by atoms with Crippen molar-refractivity contribution in [3.05, 3.63) is 69.5 Å². The summed E-state index contributed by atoms with van der Waals surface area (Å²) in [5.74, 6) is -1.46. The maximum absolute atomic E-state index is 13.5. The molecule has 0 aliphatic heterocycles. The minimum Gasteiger partial charge on any atom is -0.323 e. The number of rotatable bonds is 7. The number of nitrogens with two attached hydrogens (primary N) is 1. The van der Waals surface area contributed by atoms with Crippen LogP contribution in [0, 0.1) is 15.9 Å². The van der Waals surface area contributed by atoms with Gasteiger partial charge in [-0.05, 0) is 43.7 Å². The van der Waals surface area contributed by atoms with Crippen molar-refractivity contribution in [2.45, 2.75) is 37.0 Å². The van der Waals surface area contributed by atoms with Crippen LogP contribution < -0.4 is 5.73 Å². The van der Waals surface area contributed by atoms with Crippen molar-refractivity contribution >= 4 is 15.7 Å². The second kappa shape index (κ2) is 8.66. The monoisotopic (exact) mass is 449 g/mol. The first-order valence-corrected chi connectivity index (χ1v) is 10.1. The average Bonchev–Trinajstić information content (AvgIpc) is 2.64. The highest BCUT2D eigenvalue weighted by Gasteiger charge is 2.35. The maximum atomic E-state index is 13.5. The van der Waals surface area contributed by atoms with Gasteiger partial charge in [0, 0.05) is 30.8 Å². The van der Waals surface area contributed by atoms with Gasteiger partial charge in [-0.1, -0.05) is 6.07 Å². The highest BCUT2D eigenvalue weighted by atomic mass is 32.2. The molecule has 0 radical (unpaired) electrons. The molecule has 2 aromatic carbocycles. The number of nitro benzene ring substituents is 1. The van der Waals surface area contributed by atoms with Gasteiger partial charge in [0.25, 0.3) is 5.69 Å². The first-order chi connectivity index (χ1) is 13.7. The Hall–Kier alpha value is -2.57. The van der Waals surface area contributed by atoms with Crippen LogP contribution in [-0.4, -0.2) is 30.2 Å². The SMILES string of the molecule is CC(C)N(C[C@H](N)c1ccc(F)c(C(F)(F)F)c1)S(=O)(=O)c1ccc([N+](=O)[O-])cc1. The Balaban J connectivity index is 2.36. The van der Waals surface area contributed by atoms with E-state index in [1.54, 1.807) is 13.8 Å². The Morgan fingerprint density at radius 3 is 2.17 bits per heavy atom. The third-order valence-corrected chi connectivity index (χ3v) is 6.39. The Morgan fingerprint density at radius 2 is 1.70 bits per heavy atom. The van der Waals surface area contributed by atoms with Gasteiger partial charge < -0.3 is 5.73 Å². The number of benzene rings is 2. The highest BCUT2D eigenvalue weighted by Crippen LogP contribution is 2.33. The van der Waals surface area contributed by atoms with E-state index in [4.69, 9.17) is 5.73 Å². The lowest BCUT2D eigenvalue weighted by Gasteiger charge is -2.29. The van der Waals surface area contributed by atoms with Crippen molar-refractivity contribution in [3.8, 4) is 0 Å². The quantitative estimate of drug-likeness (QED) is 0.393. The third kappa shape index (κ3) is 5.12. The van der Waals surface area contributed by atoms with Gasteiger partial charge in [0.2, 0.25) is 10.0 Å². The number of hydrogen-bond acceptors (Lipinski definition) is 5. The number of halogens is 4. The van der Waals surface area contributed by atoms with Crippen LogP contribution in [0.3, 0.4) is 0 Å². The Labute approximate surface area is 170 Å². The van der Waals surface area contributed by atoms with E-state index in [9.17, 15) is 36.1 Å². The summed E-state index contributed by atoms with van der Waals surface area (Å²) in [5, 5.41) is 10.8. The molecule has 0 amide bonds. The van der Waals surface area contributed by atoms with Gasteiger partial charge in [0.05, 0.1) is 15.4 Å². The second-order valence-electron chi connectivity index (χ2n) is 6.76. The predicted octanol–water partition coefficient (Wildman–Crippen LogP) is 3.85. The van der Waals surface area contributed by atoms with E-state index in [1.807, 2.05) is 0 Å². The molecule has 7 nitrogen and oxygen atoms in total. The molecule has 2 rings (SSSR count). The molecule has 0 saturated carbocycles. The number of non-ortho nitro benzene ring substituents is 1. The lowest BCUT2D eigenvalue weighted by atomic mass is 10.0. The van der Waals surface area contributed by atoms with Gasteiger partial charge in [-0.25, -0.2) is 12.8 Å². The van der Waals surface area contributed by atoms with Crippen LogP contribution in [-0.2, 0) is 16.2 Å². The summed E-state index contributed by atoms with van der Waals surface area (Å²) in [6.07, 6.45) is -4.93. The maximum Gasteiger partial charge on any atom is 0.419 e. The summed E-state index contributed by atoms with van der Waals surface area (Å²) in [7, 11) is -4.16. The molecule has 2 N–H and O–H groups in total. The fraction of sp³-hybridized carbons (Fsp3) is 0.333. The van der Waals surface area contributed by atoms with Gasteiger partial charge in [0.1, 0.15) is 5.82 Å². The number of nitro groups is 1. The molecular formula is C18H19F4N3O4S. The van der Waals surface area contributed by atoms with Gasteiger partial charge >= 0.3 is 6.18 Å². The lowest BCUT2D eigenvalue weighted by Crippen LogP contribution is -2.41. The molecule has 0 unspecified atom stereocenters. The number of alkyl halides is 3. The zero-order chi connectivity index (χ0) is 22.9. The van der Waals surface area contributed by atoms with Crippen molar-refractivity contribution in [3.63, 3.8) is 0 Å². The predicted molar refractivity (Wildman–Crippen MR) is 100 cm³/mol. The molecule has 0 heterocycles. The largest absolute Gasteiger partial charge is 0.419 e. The van der Waals surface area contributed by atoms with E-state index in [0.717, 1.165) is 34.6 Å². The standard InChI is InChI=1S/C18H19F4N3O4S/c1-11(2)24(30(28,29)14-6-4-13(5-7-14)25(26)27)10-17(23)12-3-8-16(19)15(9-12)18(20,21)22/h3-9,11,17H,10,23H2,1-2H3/t17-/m0/s1. The molecule has 0 aliphatic carbocycles. The summed E-state index contributed by atoms with van der Waals surface area (Å²) >= 11 is 0. The summed E-state index contributed by atoms with van der Waals surface area (Å²) in [6.45, 7) is 2.70. The highest BCUT2D eigenvalue weighted by molar-refractivity contribution is 7.89. The van der Waals surface area contributed by atoms with E-state index < -0.39 is 44.6 Å². The minimum atomic E-state index is -4.93. The first kappa shape index (κ1) is 23.7. The molecule has 0 saturated heterocycles. The van der Waals surface area contributed by atoms with E-state index in [2.05, 4.69) is 0 Å². The zero-order valence-electron chi connectivity index (χ0n) is 15.9. The summed E-state index contributed by atoms with van der Waals surface area (Å²) < 4.78 is 79.2. The van der Waals surface area contributed by atoms with Crippen LogP contribution in [0.2, 0.25) is 0 Å². The number of hydrogen-bond donors (Lipinski definition) is 1.